The van der Waals surface area contributed by atoms with E-state index in [-0.39, 0.29) is 6.03 Å². The van der Waals surface area contributed by atoms with Crippen LogP contribution in [0.4, 0.5) is 10.7 Å². The zero-order valence-electron chi connectivity index (χ0n) is 16.5. The van der Waals surface area contributed by atoms with Crippen molar-refractivity contribution in [3.63, 3.8) is 0 Å². The van der Waals surface area contributed by atoms with E-state index in [1.807, 2.05) is 24.3 Å². The summed E-state index contributed by atoms with van der Waals surface area (Å²) in [4.78, 5) is 22.6. The second-order valence-electron chi connectivity index (χ2n) is 8.38. The minimum Gasteiger partial charge on any atom is -0.339 e. The van der Waals surface area contributed by atoms with E-state index in [9.17, 15) is 4.79 Å². The average Bonchev–Trinajstić information content (AvgIpc) is 3.38. The third-order valence-corrected chi connectivity index (χ3v) is 5.61. The molecule has 6 heteroatoms. The molecule has 1 aliphatic heterocycles. The summed E-state index contributed by atoms with van der Waals surface area (Å²) >= 11 is 0. The molecule has 2 fully saturated rings. The van der Waals surface area contributed by atoms with Crippen LogP contribution in [0.1, 0.15) is 33.1 Å². The highest BCUT2D eigenvalue weighted by Gasteiger charge is 2.28. The summed E-state index contributed by atoms with van der Waals surface area (Å²) < 4.78 is 1.77. The predicted octanol–water partition coefficient (Wildman–Crippen LogP) is 3.17. The van der Waals surface area contributed by atoms with Crippen molar-refractivity contribution < 1.29 is 4.79 Å². The van der Waals surface area contributed by atoms with E-state index >= 15 is 0 Å². The van der Waals surface area contributed by atoms with Gasteiger partial charge < -0.3 is 10.2 Å². The van der Waals surface area contributed by atoms with Gasteiger partial charge >= 0.3 is 6.03 Å². The number of fused-ring (bicyclic) bond motifs is 1. The van der Waals surface area contributed by atoms with Crippen LogP contribution in [-0.2, 0) is 0 Å². The summed E-state index contributed by atoms with van der Waals surface area (Å²) in [5, 5.41) is 3.08. The first-order valence-electron chi connectivity index (χ1n) is 10.3. The number of anilines is 1. The number of carbonyl (C=O) groups is 1. The van der Waals surface area contributed by atoms with Gasteiger partial charge in [-0.15, -0.1) is 0 Å². The molecule has 1 aromatic carbocycles. The molecule has 146 valence electrons. The molecule has 1 saturated carbocycles. The lowest BCUT2D eigenvalue weighted by atomic mass is 10.1. The minimum atomic E-state index is -0.0697. The van der Waals surface area contributed by atoms with Crippen molar-refractivity contribution in [2.24, 2.45) is 11.8 Å². The van der Waals surface area contributed by atoms with Gasteiger partial charge in [-0.25, -0.2) is 14.3 Å². The largest absolute Gasteiger partial charge is 0.339 e. The van der Waals surface area contributed by atoms with Crippen molar-refractivity contribution in [1.29, 1.82) is 0 Å². The molecular formula is C21H31N5O. The number of hydrogen-bond donors (Lipinski definition) is 1. The monoisotopic (exact) mass is 369 g/mol. The summed E-state index contributed by atoms with van der Waals surface area (Å²) in [6, 6.07) is 7.85. The number of nitrogens with one attached hydrogen (secondary N) is 1. The maximum Gasteiger partial charge on any atom is 0.328 e. The molecule has 0 atom stereocenters. The van der Waals surface area contributed by atoms with Gasteiger partial charge in [0.25, 0.3) is 0 Å². The average molecular weight is 370 g/mol. The fourth-order valence-electron chi connectivity index (χ4n) is 3.77. The maximum absolute atomic E-state index is 13.0. The van der Waals surface area contributed by atoms with Crippen LogP contribution in [0.2, 0.25) is 0 Å². The Morgan fingerprint density at radius 2 is 1.93 bits per heavy atom. The van der Waals surface area contributed by atoms with Crippen LogP contribution in [0.5, 0.6) is 0 Å². The topological polar surface area (TPSA) is 53.4 Å². The first-order valence-corrected chi connectivity index (χ1v) is 10.3. The highest BCUT2D eigenvalue weighted by atomic mass is 16.2. The molecule has 0 spiro atoms. The molecule has 0 bridgehead atoms. The first-order chi connectivity index (χ1) is 13.1. The Morgan fingerprint density at radius 3 is 2.63 bits per heavy atom. The van der Waals surface area contributed by atoms with Crippen LogP contribution in [0, 0.1) is 11.8 Å². The fraction of sp³-hybridized carbons (Fsp3) is 0.619. The van der Waals surface area contributed by atoms with Crippen LogP contribution < -0.4 is 10.2 Å². The van der Waals surface area contributed by atoms with E-state index < -0.39 is 0 Å². The van der Waals surface area contributed by atoms with Gasteiger partial charge in [0, 0.05) is 39.3 Å². The number of piperazine rings is 1. The number of hydrogen-bond acceptors (Lipinski definition) is 4. The Morgan fingerprint density at radius 1 is 1.19 bits per heavy atom. The molecular weight excluding hydrogens is 338 g/mol. The number of benzene rings is 1. The lowest BCUT2D eigenvalue weighted by molar-refractivity contribution is 0.239. The molecule has 2 heterocycles. The summed E-state index contributed by atoms with van der Waals surface area (Å²) in [5.41, 5.74) is 1.77. The molecule has 1 aromatic heterocycles. The highest BCUT2D eigenvalue weighted by molar-refractivity contribution is 5.93. The van der Waals surface area contributed by atoms with Gasteiger partial charge in [0.1, 0.15) is 0 Å². The number of aromatic nitrogens is 2. The second-order valence-corrected chi connectivity index (χ2v) is 8.38. The molecule has 1 saturated heterocycles. The molecule has 27 heavy (non-hydrogen) atoms. The van der Waals surface area contributed by atoms with E-state index in [1.165, 1.54) is 19.4 Å². The molecule has 0 radical (unpaired) electrons. The van der Waals surface area contributed by atoms with Crippen molar-refractivity contribution in [3.8, 4) is 0 Å². The van der Waals surface area contributed by atoms with Gasteiger partial charge in [-0.2, -0.15) is 0 Å². The lowest BCUT2D eigenvalue weighted by Gasteiger charge is -2.35. The lowest BCUT2D eigenvalue weighted by Crippen LogP contribution is -2.48. The number of carbonyl (C=O) groups excluding carboxylic acids is 1. The van der Waals surface area contributed by atoms with Crippen molar-refractivity contribution in [3.05, 3.63) is 24.3 Å². The molecule has 6 nitrogen and oxygen atoms in total. The van der Waals surface area contributed by atoms with E-state index in [0.29, 0.717) is 12.5 Å². The van der Waals surface area contributed by atoms with Gasteiger partial charge in [-0.05, 0) is 43.2 Å². The third-order valence-electron chi connectivity index (χ3n) is 5.61. The Labute approximate surface area is 161 Å². The molecule has 4 rings (SSSR count). The normalized spacial score (nSPS) is 18.4. The van der Waals surface area contributed by atoms with Gasteiger partial charge in [0.2, 0.25) is 5.95 Å². The Hall–Kier alpha value is -2.08. The van der Waals surface area contributed by atoms with Crippen LogP contribution in [0.25, 0.3) is 11.0 Å². The van der Waals surface area contributed by atoms with Crippen LogP contribution in [0.3, 0.4) is 0 Å². The molecule has 1 N–H and O–H groups in total. The number of imidazole rings is 1. The van der Waals surface area contributed by atoms with Crippen LogP contribution in [0.15, 0.2) is 24.3 Å². The Bertz CT molecular complexity index is 787. The standard InChI is InChI=1S/C21H31N5O/c1-16(2)9-10-22-21(27)26-19-6-4-3-5-18(19)23-20(26)25-13-11-24(12-14-25)15-17-7-8-17/h3-6,16-17H,7-15H2,1-2H3,(H,22,27). The summed E-state index contributed by atoms with van der Waals surface area (Å²) in [7, 11) is 0. The molecule has 1 aliphatic carbocycles. The molecule has 2 aromatic rings. The highest BCUT2D eigenvalue weighted by Crippen LogP contribution is 2.30. The maximum atomic E-state index is 13.0. The van der Waals surface area contributed by atoms with Crippen molar-refractivity contribution in [2.75, 3.05) is 44.2 Å². The summed E-state index contributed by atoms with van der Waals surface area (Å²) in [6.07, 6.45) is 3.77. The summed E-state index contributed by atoms with van der Waals surface area (Å²) in [5.74, 6) is 2.28. The quantitative estimate of drug-likeness (QED) is 0.850. The number of amides is 1. The van der Waals surface area contributed by atoms with Gasteiger partial charge in [0.05, 0.1) is 11.0 Å². The Balaban J connectivity index is 1.52. The molecule has 2 aliphatic rings. The van der Waals surface area contributed by atoms with Crippen molar-refractivity contribution in [2.45, 2.75) is 33.1 Å². The second kappa shape index (κ2) is 7.89. The van der Waals surface area contributed by atoms with E-state index in [2.05, 4.69) is 29.0 Å². The van der Waals surface area contributed by atoms with Gasteiger partial charge in [0.15, 0.2) is 0 Å². The first kappa shape index (κ1) is 18.3. The zero-order valence-corrected chi connectivity index (χ0v) is 16.5. The minimum absolute atomic E-state index is 0.0697. The van der Waals surface area contributed by atoms with Gasteiger partial charge in [-0.3, -0.25) is 4.90 Å². The van der Waals surface area contributed by atoms with E-state index in [1.54, 1.807) is 4.57 Å². The van der Waals surface area contributed by atoms with Crippen LogP contribution in [-0.4, -0.2) is 59.8 Å². The van der Waals surface area contributed by atoms with Gasteiger partial charge in [-0.1, -0.05) is 26.0 Å². The smallest absolute Gasteiger partial charge is 0.328 e. The van der Waals surface area contributed by atoms with Crippen LogP contribution >= 0.6 is 0 Å². The van der Waals surface area contributed by atoms with E-state index in [0.717, 1.165) is 55.5 Å². The number of rotatable bonds is 6. The number of para-hydroxylation sites is 2. The zero-order chi connectivity index (χ0) is 18.8. The molecule has 0 unspecified atom stereocenters. The predicted molar refractivity (Wildman–Crippen MR) is 109 cm³/mol. The van der Waals surface area contributed by atoms with Crippen molar-refractivity contribution >= 4 is 23.0 Å². The third kappa shape index (κ3) is 4.26. The summed E-state index contributed by atoms with van der Waals surface area (Å²) in [6.45, 7) is 10.2. The van der Waals surface area contributed by atoms with Crippen molar-refractivity contribution in [1.82, 2.24) is 19.8 Å². The fourth-order valence-corrected chi connectivity index (χ4v) is 3.77. The van der Waals surface area contributed by atoms with E-state index in [4.69, 9.17) is 4.98 Å². The number of nitrogens with zero attached hydrogens (tertiary/aromatic N) is 4. The molecule has 1 amide bonds. The Kier molecular flexibility index (Phi) is 5.34. The SMILES string of the molecule is CC(C)CCNC(=O)n1c(N2CCN(CC3CC3)CC2)nc2ccccc21.